The molecule has 0 saturated carbocycles. The number of hydrogen-bond acceptors (Lipinski definition) is 9. The second kappa shape index (κ2) is 12.6. The summed E-state index contributed by atoms with van der Waals surface area (Å²) in [5.74, 6) is -0.393. The van der Waals surface area contributed by atoms with Gasteiger partial charge in [-0.15, -0.1) is 0 Å². The Hall–Kier alpha value is -3.35. The zero-order valence-corrected chi connectivity index (χ0v) is 21.4. The van der Waals surface area contributed by atoms with E-state index < -0.39 is 28.5 Å². The monoisotopic (exact) mass is 521 g/mol. The molecular formula is C24H31N3O8S. The molecule has 1 aliphatic rings. The third-order valence-electron chi connectivity index (χ3n) is 5.27. The van der Waals surface area contributed by atoms with Gasteiger partial charge in [0, 0.05) is 25.2 Å². The van der Waals surface area contributed by atoms with Crippen molar-refractivity contribution in [3.05, 3.63) is 42.0 Å². The number of carbonyl (C=O) groups is 2. The Balaban J connectivity index is 1.73. The van der Waals surface area contributed by atoms with Crippen molar-refractivity contribution in [3.63, 3.8) is 0 Å². The molecule has 0 radical (unpaired) electrons. The third-order valence-corrected chi connectivity index (χ3v) is 6.68. The standard InChI is InChI=1S/C24H31N3O8S/c1-4-33-21-15-20(27-9-11-32-12-10-27)22(34-5-2)14-19(21)26-23(28)16-35-24(29)17-7-6-8-18(13-17)36(30,31)25-3/h6-8,13-15,25H,4-5,9-12,16H2,1-3H3,(H,26,28). The first-order chi connectivity index (χ1) is 17.3. The molecule has 1 saturated heterocycles. The smallest absolute Gasteiger partial charge is 0.338 e. The quantitative estimate of drug-likeness (QED) is 0.426. The SMILES string of the molecule is CCOc1cc(N2CCOCC2)c(OCC)cc1NC(=O)COC(=O)c1cccc(S(=O)(=O)NC)c1. The Morgan fingerprint density at radius 2 is 1.72 bits per heavy atom. The van der Waals surface area contributed by atoms with Crippen molar-refractivity contribution in [2.45, 2.75) is 18.7 Å². The summed E-state index contributed by atoms with van der Waals surface area (Å²) in [4.78, 5) is 27.1. The number of hydrogen-bond donors (Lipinski definition) is 2. The minimum Gasteiger partial charge on any atom is -0.492 e. The van der Waals surface area contributed by atoms with Gasteiger partial charge in [0.1, 0.15) is 11.5 Å². The summed E-state index contributed by atoms with van der Waals surface area (Å²) in [6.07, 6.45) is 0. The van der Waals surface area contributed by atoms with E-state index in [1.165, 1.54) is 31.3 Å². The Labute approximate surface area is 210 Å². The molecule has 0 aromatic heterocycles. The largest absolute Gasteiger partial charge is 0.492 e. The number of amides is 1. The van der Waals surface area contributed by atoms with Crippen LogP contribution in [-0.4, -0.2) is 73.5 Å². The van der Waals surface area contributed by atoms with Gasteiger partial charge in [-0.2, -0.15) is 0 Å². The van der Waals surface area contributed by atoms with Crippen LogP contribution in [0.2, 0.25) is 0 Å². The number of benzene rings is 2. The molecule has 196 valence electrons. The molecule has 1 fully saturated rings. The predicted octanol–water partition coefficient (Wildman–Crippen LogP) is 2.02. The van der Waals surface area contributed by atoms with Crippen LogP contribution in [0, 0.1) is 0 Å². The van der Waals surface area contributed by atoms with Gasteiger partial charge in [-0.05, 0) is 39.1 Å². The molecule has 12 heteroatoms. The minimum absolute atomic E-state index is 0.00243. The molecule has 0 spiro atoms. The van der Waals surface area contributed by atoms with Gasteiger partial charge in [-0.3, -0.25) is 4.79 Å². The molecule has 0 aliphatic carbocycles. The van der Waals surface area contributed by atoms with Crippen molar-refractivity contribution in [1.29, 1.82) is 0 Å². The molecule has 0 bridgehead atoms. The second-order valence-corrected chi connectivity index (χ2v) is 9.53. The van der Waals surface area contributed by atoms with Crippen molar-refractivity contribution in [2.75, 3.05) is 63.4 Å². The zero-order chi connectivity index (χ0) is 26.1. The lowest BCUT2D eigenvalue weighted by Gasteiger charge is -2.31. The van der Waals surface area contributed by atoms with E-state index in [2.05, 4.69) is 14.9 Å². The lowest BCUT2D eigenvalue weighted by molar-refractivity contribution is -0.119. The Morgan fingerprint density at radius 1 is 1.03 bits per heavy atom. The van der Waals surface area contributed by atoms with E-state index in [1.807, 2.05) is 19.9 Å². The number of sulfonamides is 1. The minimum atomic E-state index is -3.73. The van der Waals surface area contributed by atoms with Gasteiger partial charge in [0.2, 0.25) is 10.0 Å². The number of rotatable bonds is 11. The van der Waals surface area contributed by atoms with Crippen molar-refractivity contribution < 1.29 is 37.0 Å². The fraction of sp³-hybridized carbons (Fsp3) is 0.417. The molecule has 1 amide bonds. The van der Waals surface area contributed by atoms with Crippen molar-refractivity contribution >= 4 is 33.3 Å². The van der Waals surface area contributed by atoms with Gasteiger partial charge in [0.25, 0.3) is 5.91 Å². The Kier molecular flexibility index (Phi) is 9.51. The van der Waals surface area contributed by atoms with Crippen LogP contribution in [0.4, 0.5) is 11.4 Å². The van der Waals surface area contributed by atoms with Crippen LogP contribution >= 0.6 is 0 Å². The number of morpholine rings is 1. The van der Waals surface area contributed by atoms with E-state index >= 15 is 0 Å². The molecule has 0 atom stereocenters. The maximum Gasteiger partial charge on any atom is 0.338 e. The molecular weight excluding hydrogens is 490 g/mol. The van der Waals surface area contributed by atoms with Gasteiger partial charge in [-0.25, -0.2) is 17.9 Å². The highest BCUT2D eigenvalue weighted by Crippen LogP contribution is 2.39. The number of nitrogens with zero attached hydrogens (tertiary/aromatic N) is 1. The summed E-state index contributed by atoms with van der Waals surface area (Å²) in [5.41, 5.74) is 1.22. The van der Waals surface area contributed by atoms with Crippen LogP contribution in [-0.2, 0) is 24.3 Å². The van der Waals surface area contributed by atoms with Crippen LogP contribution in [0.25, 0.3) is 0 Å². The van der Waals surface area contributed by atoms with Gasteiger partial charge in [-0.1, -0.05) is 6.07 Å². The van der Waals surface area contributed by atoms with Crippen molar-refractivity contribution in [1.82, 2.24) is 4.72 Å². The van der Waals surface area contributed by atoms with Crippen molar-refractivity contribution in [2.24, 2.45) is 0 Å². The van der Waals surface area contributed by atoms with Crippen LogP contribution < -0.4 is 24.4 Å². The second-order valence-electron chi connectivity index (χ2n) is 7.64. The summed E-state index contributed by atoms with van der Waals surface area (Å²) in [6, 6.07) is 8.85. The fourth-order valence-corrected chi connectivity index (χ4v) is 4.33. The Morgan fingerprint density at radius 3 is 2.39 bits per heavy atom. The fourth-order valence-electron chi connectivity index (χ4n) is 3.55. The summed E-state index contributed by atoms with van der Waals surface area (Å²) < 4.78 is 48.2. The van der Waals surface area contributed by atoms with E-state index in [-0.39, 0.29) is 10.5 Å². The Bertz CT molecular complexity index is 1180. The van der Waals surface area contributed by atoms with Crippen molar-refractivity contribution in [3.8, 4) is 11.5 Å². The lowest BCUT2D eigenvalue weighted by atomic mass is 10.2. The summed E-state index contributed by atoms with van der Waals surface area (Å²) in [5, 5.41) is 2.71. The zero-order valence-electron chi connectivity index (χ0n) is 20.5. The number of ether oxygens (including phenoxy) is 4. The first kappa shape index (κ1) is 27.2. The summed E-state index contributed by atoms with van der Waals surface area (Å²) in [7, 11) is -2.46. The topological polar surface area (TPSA) is 132 Å². The highest BCUT2D eigenvalue weighted by Gasteiger charge is 2.21. The van der Waals surface area contributed by atoms with E-state index in [1.54, 1.807) is 6.07 Å². The maximum atomic E-state index is 12.6. The van der Waals surface area contributed by atoms with Gasteiger partial charge in [0.05, 0.1) is 48.3 Å². The van der Waals surface area contributed by atoms with Gasteiger partial charge in [0.15, 0.2) is 6.61 Å². The molecule has 2 N–H and O–H groups in total. The molecule has 2 aromatic rings. The molecule has 0 unspecified atom stereocenters. The van der Waals surface area contributed by atoms with E-state index in [4.69, 9.17) is 18.9 Å². The highest BCUT2D eigenvalue weighted by atomic mass is 32.2. The third kappa shape index (κ3) is 6.86. The molecule has 36 heavy (non-hydrogen) atoms. The van der Waals surface area contributed by atoms with Crippen LogP contribution in [0.3, 0.4) is 0 Å². The van der Waals surface area contributed by atoms with E-state index in [0.29, 0.717) is 56.7 Å². The van der Waals surface area contributed by atoms with Crippen LogP contribution in [0.15, 0.2) is 41.3 Å². The number of nitrogens with one attached hydrogen (secondary N) is 2. The number of esters is 1. The number of anilines is 2. The summed E-state index contributed by atoms with van der Waals surface area (Å²) >= 11 is 0. The summed E-state index contributed by atoms with van der Waals surface area (Å²) in [6.45, 7) is 6.52. The maximum absolute atomic E-state index is 12.6. The molecule has 11 nitrogen and oxygen atoms in total. The van der Waals surface area contributed by atoms with E-state index in [9.17, 15) is 18.0 Å². The lowest BCUT2D eigenvalue weighted by Crippen LogP contribution is -2.36. The molecule has 1 heterocycles. The van der Waals surface area contributed by atoms with Gasteiger partial charge < -0.3 is 29.2 Å². The normalized spacial score (nSPS) is 13.7. The van der Waals surface area contributed by atoms with Crippen LogP contribution in [0.1, 0.15) is 24.2 Å². The van der Waals surface area contributed by atoms with Crippen LogP contribution in [0.5, 0.6) is 11.5 Å². The molecule has 2 aromatic carbocycles. The predicted molar refractivity (Wildman–Crippen MR) is 133 cm³/mol. The first-order valence-electron chi connectivity index (χ1n) is 11.6. The molecule has 1 aliphatic heterocycles. The highest BCUT2D eigenvalue weighted by molar-refractivity contribution is 7.89. The molecule has 3 rings (SSSR count). The average Bonchev–Trinajstić information content (AvgIpc) is 2.89. The first-order valence-corrected chi connectivity index (χ1v) is 13.0. The van der Waals surface area contributed by atoms with Gasteiger partial charge >= 0.3 is 5.97 Å². The van der Waals surface area contributed by atoms with E-state index in [0.717, 1.165) is 5.69 Å². The average molecular weight is 522 g/mol. The number of carbonyl (C=O) groups excluding carboxylic acids is 2.